The summed E-state index contributed by atoms with van der Waals surface area (Å²) in [4.78, 5) is 24.5. The minimum absolute atomic E-state index is 0.316. The van der Waals surface area contributed by atoms with Crippen LogP contribution in [0.1, 0.15) is 4.88 Å². The molecule has 0 bridgehead atoms. The van der Waals surface area contributed by atoms with Crippen LogP contribution in [0.25, 0.3) is 0 Å². The first-order valence-electron chi connectivity index (χ1n) is 6.05. The Bertz CT molecular complexity index is 644. The van der Waals surface area contributed by atoms with Crippen molar-refractivity contribution in [2.24, 2.45) is 0 Å². The number of thiophene rings is 1. The highest BCUT2D eigenvalue weighted by Gasteiger charge is 2.16. The van der Waals surface area contributed by atoms with Crippen molar-refractivity contribution in [3.63, 3.8) is 0 Å². The first-order valence-corrected chi connectivity index (χ1v) is 7.31. The van der Waals surface area contributed by atoms with Gasteiger partial charge in [0.2, 0.25) is 0 Å². The van der Waals surface area contributed by atoms with E-state index in [9.17, 15) is 9.59 Å². The maximum Gasteiger partial charge on any atom is 0.313 e. The van der Waals surface area contributed by atoms with Crippen molar-refractivity contribution in [3.05, 3.63) is 45.6 Å². The molecule has 2 amide bonds. The van der Waals surface area contributed by atoms with Gasteiger partial charge in [0.1, 0.15) is 5.75 Å². The van der Waals surface area contributed by atoms with Crippen molar-refractivity contribution in [1.82, 2.24) is 5.32 Å². The quantitative estimate of drug-likeness (QED) is 0.850. The molecule has 0 fully saturated rings. The molecule has 0 aliphatic carbocycles. The Hall–Kier alpha value is -2.05. The van der Waals surface area contributed by atoms with Gasteiger partial charge in [0.25, 0.3) is 0 Å². The molecular formula is C14H13ClN2O3S. The Morgan fingerprint density at radius 2 is 2.10 bits per heavy atom. The molecule has 1 aromatic heterocycles. The fourth-order valence-corrected chi connectivity index (χ4v) is 2.43. The number of rotatable bonds is 4. The first kappa shape index (κ1) is 15.3. The maximum absolute atomic E-state index is 11.8. The predicted molar refractivity (Wildman–Crippen MR) is 82.8 cm³/mol. The summed E-state index contributed by atoms with van der Waals surface area (Å²) in [5.74, 6) is -1.06. The van der Waals surface area contributed by atoms with E-state index >= 15 is 0 Å². The van der Waals surface area contributed by atoms with E-state index in [0.717, 1.165) is 4.88 Å². The zero-order chi connectivity index (χ0) is 15.2. The highest BCUT2D eigenvalue weighted by molar-refractivity contribution is 7.09. The number of carbonyl (C=O) groups is 2. The Balaban J connectivity index is 1.97. The maximum atomic E-state index is 11.8. The lowest BCUT2D eigenvalue weighted by atomic mass is 10.3. The van der Waals surface area contributed by atoms with Gasteiger partial charge in [0.05, 0.1) is 19.3 Å². The molecule has 2 aromatic rings. The second-order valence-electron chi connectivity index (χ2n) is 4.06. The van der Waals surface area contributed by atoms with Crippen LogP contribution in [-0.4, -0.2) is 18.9 Å². The van der Waals surface area contributed by atoms with Gasteiger partial charge < -0.3 is 15.4 Å². The van der Waals surface area contributed by atoms with Gasteiger partial charge in [-0.2, -0.15) is 0 Å². The van der Waals surface area contributed by atoms with Crippen molar-refractivity contribution in [2.45, 2.75) is 6.54 Å². The van der Waals surface area contributed by atoms with Crippen LogP contribution in [0, 0.1) is 0 Å². The molecule has 0 radical (unpaired) electrons. The van der Waals surface area contributed by atoms with Crippen molar-refractivity contribution in [2.75, 3.05) is 12.4 Å². The minimum Gasteiger partial charge on any atom is -0.495 e. The van der Waals surface area contributed by atoms with Gasteiger partial charge in [0.15, 0.2) is 0 Å². The molecule has 21 heavy (non-hydrogen) atoms. The number of methoxy groups -OCH3 is 1. The molecule has 0 unspecified atom stereocenters. The Morgan fingerprint density at radius 3 is 2.76 bits per heavy atom. The van der Waals surface area contributed by atoms with E-state index in [4.69, 9.17) is 16.3 Å². The molecule has 0 atom stereocenters. The number of benzene rings is 1. The summed E-state index contributed by atoms with van der Waals surface area (Å²) in [6, 6.07) is 8.52. The number of amides is 2. The van der Waals surface area contributed by atoms with Crippen LogP contribution in [0.3, 0.4) is 0 Å². The predicted octanol–water partition coefficient (Wildman–Crippen LogP) is 2.67. The van der Waals surface area contributed by atoms with Crippen LogP contribution in [-0.2, 0) is 16.1 Å². The van der Waals surface area contributed by atoms with Crippen LogP contribution in [0.5, 0.6) is 5.75 Å². The average Bonchev–Trinajstić information content (AvgIpc) is 2.98. The number of hydrogen-bond donors (Lipinski definition) is 2. The standard InChI is InChI=1S/C14H13ClN2O3S/c1-20-12-5-4-9(15)7-11(12)17-14(19)13(18)16-8-10-3-2-6-21-10/h2-7H,8H2,1H3,(H,16,18)(H,17,19). The molecule has 5 nitrogen and oxygen atoms in total. The lowest BCUT2D eigenvalue weighted by Crippen LogP contribution is -2.34. The number of ether oxygens (including phenoxy) is 1. The minimum atomic E-state index is -0.771. The van der Waals surface area contributed by atoms with Crippen LogP contribution in [0.4, 0.5) is 5.69 Å². The highest BCUT2D eigenvalue weighted by Crippen LogP contribution is 2.27. The largest absolute Gasteiger partial charge is 0.495 e. The molecule has 0 aliphatic rings. The van der Waals surface area contributed by atoms with Crippen LogP contribution < -0.4 is 15.4 Å². The van der Waals surface area contributed by atoms with Crippen LogP contribution in [0.15, 0.2) is 35.7 Å². The van der Waals surface area contributed by atoms with E-state index in [0.29, 0.717) is 23.0 Å². The molecule has 0 saturated heterocycles. The Kier molecular flexibility index (Phi) is 5.19. The van der Waals surface area contributed by atoms with Crippen LogP contribution in [0.2, 0.25) is 5.02 Å². The number of halogens is 1. The summed E-state index contributed by atoms with van der Waals surface area (Å²) >= 11 is 7.36. The summed E-state index contributed by atoms with van der Waals surface area (Å²) < 4.78 is 5.10. The van der Waals surface area contributed by atoms with Gasteiger partial charge in [-0.3, -0.25) is 9.59 Å². The Labute approximate surface area is 130 Å². The third-order valence-corrected chi connectivity index (χ3v) is 3.73. The van der Waals surface area contributed by atoms with Gasteiger partial charge in [-0.05, 0) is 29.6 Å². The van der Waals surface area contributed by atoms with E-state index in [1.54, 1.807) is 12.1 Å². The second-order valence-corrected chi connectivity index (χ2v) is 5.53. The summed E-state index contributed by atoms with van der Waals surface area (Å²) in [5, 5.41) is 7.35. The van der Waals surface area contributed by atoms with Crippen LogP contribution >= 0.6 is 22.9 Å². The lowest BCUT2D eigenvalue weighted by molar-refractivity contribution is -0.136. The third-order valence-electron chi connectivity index (χ3n) is 2.62. The van der Waals surface area contributed by atoms with Crippen molar-refractivity contribution < 1.29 is 14.3 Å². The number of carbonyl (C=O) groups excluding carboxylic acids is 2. The first-order chi connectivity index (χ1) is 10.1. The monoisotopic (exact) mass is 324 g/mol. The number of nitrogens with one attached hydrogen (secondary N) is 2. The fourth-order valence-electron chi connectivity index (χ4n) is 1.62. The average molecular weight is 325 g/mol. The van der Waals surface area contributed by atoms with E-state index in [1.807, 2.05) is 17.5 Å². The van der Waals surface area contributed by atoms with E-state index < -0.39 is 11.8 Å². The summed E-state index contributed by atoms with van der Waals surface area (Å²) in [6.45, 7) is 0.316. The topological polar surface area (TPSA) is 67.4 Å². The smallest absolute Gasteiger partial charge is 0.313 e. The second kappa shape index (κ2) is 7.10. The zero-order valence-electron chi connectivity index (χ0n) is 11.2. The van der Waals surface area contributed by atoms with Gasteiger partial charge in [0, 0.05) is 9.90 Å². The number of hydrogen-bond acceptors (Lipinski definition) is 4. The fraction of sp³-hybridized carbons (Fsp3) is 0.143. The number of anilines is 1. The SMILES string of the molecule is COc1ccc(Cl)cc1NC(=O)C(=O)NCc1cccs1. The molecule has 2 rings (SSSR count). The van der Waals surface area contributed by atoms with E-state index in [-0.39, 0.29) is 0 Å². The summed E-state index contributed by atoms with van der Waals surface area (Å²) in [5.41, 5.74) is 0.348. The Morgan fingerprint density at radius 1 is 1.29 bits per heavy atom. The molecule has 7 heteroatoms. The van der Waals surface area contributed by atoms with Crippen molar-refractivity contribution >= 4 is 40.4 Å². The van der Waals surface area contributed by atoms with E-state index in [1.165, 1.54) is 24.5 Å². The molecule has 0 saturated carbocycles. The molecular weight excluding hydrogens is 312 g/mol. The van der Waals surface area contributed by atoms with Crippen molar-refractivity contribution in [3.8, 4) is 5.75 Å². The third kappa shape index (κ3) is 4.21. The lowest BCUT2D eigenvalue weighted by Gasteiger charge is -2.10. The van der Waals surface area contributed by atoms with E-state index in [2.05, 4.69) is 10.6 Å². The van der Waals surface area contributed by atoms with Crippen molar-refractivity contribution in [1.29, 1.82) is 0 Å². The highest BCUT2D eigenvalue weighted by atomic mass is 35.5. The van der Waals surface area contributed by atoms with Gasteiger partial charge >= 0.3 is 11.8 Å². The normalized spacial score (nSPS) is 10.0. The molecule has 2 N–H and O–H groups in total. The van der Waals surface area contributed by atoms with Gasteiger partial charge in [-0.1, -0.05) is 17.7 Å². The van der Waals surface area contributed by atoms with Gasteiger partial charge in [-0.25, -0.2) is 0 Å². The zero-order valence-corrected chi connectivity index (χ0v) is 12.8. The molecule has 0 aliphatic heterocycles. The molecule has 0 spiro atoms. The summed E-state index contributed by atoms with van der Waals surface area (Å²) in [7, 11) is 1.47. The summed E-state index contributed by atoms with van der Waals surface area (Å²) in [6.07, 6.45) is 0. The molecule has 1 heterocycles. The van der Waals surface area contributed by atoms with Gasteiger partial charge in [-0.15, -0.1) is 11.3 Å². The molecule has 110 valence electrons. The molecule has 1 aromatic carbocycles.